The first-order valence-electron chi connectivity index (χ1n) is 9.53. The molecule has 0 fully saturated rings. The van der Waals surface area contributed by atoms with Crippen molar-refractivity contribution in [1.29, 1.82) is 0 Å². The van der Waals surface area contributed by atoms with Crippen molar-refractivity contribution in [2.24, 2.45) is 0 Å². The number of phenols is 1. The van der Waals surface area contributed by atoms with Gasteiger partial charge in [0.05, 0.1) is 12.6 Å². The fraction of sp³-hybridized carbons (Fsp3) is 0.409. The number of rotatable bonds is 5. The maximum Gasteiger partial charge on any atom is 0.407 e. The molecule has 6 nitrogen and oxygen atoms in total. The molecule has 0 saturated carbocycles. The van der Waals surface area contributed by atoms with E-state index in [9.17, 15) is 19.4 Å². The molecule has 156 valence electrons. The van der Waals surface area contributed by atoms with Crippen LogP contribution >= 0.6 is 0 Å². The summed E-state index contributed by atoms with van der Waals surface area (Å²) in [6.07, 6.45) is -0.482. The molecular formula is C22H27FN2O4. The molecule has 0 aliphatic carbocycles. The SMILES string of the molecule is CN(C)c1ccc2c(c1)OCCC2N(CC(C)(C)c1ccc(F)c(O)c1)C(=O)O. The van der Waals surface area contributed by atoms with E-state index in [2.05, 4.69) is 0 Å². The predicted molar refractivity (Wildman–Crippen MR) is 109 cm³/mol. The average molecular weight is 402 g/mol. The van der Waals surface area contributed by atoms with E-state index >= 15 is 0 Å². The number of benzene rings is 2. The van der Waals surface area contributed by atoms with Gasteiger partial charge in [0, 0.05) is 49.8 Å². The van der Waals surface area contributed by atoms with Crippen molar-refractivity contribution in [3.63, 3.8) is 0 Å². The van der Waals surface area contributed by atoms with Crippen LogP contribution in [0.3, 0.4) is 0 Å². The topological polar surface area (TPSA) is 73.2 Å². The van der Waals surface area contributed by atoms with E-state index in [0.29, 0.717) is 24.3 Å². The van der Waals surface area contributed by atoms with Crippen molar-refractivity contribution in [2.45, 2.75) is 31.7 Å². The molecule has 2 aromatic carbocycles. The van der Waals surface area contributed by atoms with E-state index in [1.165, 1.54) is 17.0 Å². The normalized spacial score (nSPS) is 16.0. The standard InChI is InChI=1S/C22H27FN2O4/c1-22(2,14-5-8-17(23)19(26)11-14)13-25(21(27)28)18-9-10-29-20-12-15(24(3)4)6-7-16(18)20/h5-8,11-12,18,26H,9-10,13H2,1-4H3,(H,27,28). The highest BCUT2D eigenvalue weighted by Gasteiger charge is 2.35. The minimum atomic E-state index is -1.03. The Kier molecular flexibility index (Phi) is 5.59. The lowest BCUT2D eigenvalue weighted by Crippen LogP contribution is -2.43. The number of carbonyl (C=O) groups is 1. The second-order valence-electron chi connectivity index (χ2n) is 8.23. The number of halogens is 1. The van der Waals surface area contributed by atoms with Crippen molar-refractivity contribution in [1.82, 2.24) is 4.90 Å². The van der Waals surface area contributed by atoms with Crippen LogP contribution in [0.5, 0.6) is 11.5 Å². The Balaban J connectivity index is 1.93. The molecule has 1 unspecified atom stereocenters. The second-order valence-corrected chi connectivity index (χ2v) is 8.23. The molecule has 0 saturated heterocycles. The van der Waals surface area contributed by atoms with Gasteiger partial charge < -0.3 is 24.7 Å². The summed E-state index contributed by atoms with van der Waals surface area (Å²) in [6, 6.07) is 9.58. The van der Waals surface area contributed by atoms with E-state index in [-0.39, 0.29) is 12.6 Å². The van der Waals surface area contributed by atoms with Crippen LogP contribution < -0.4 is 9.64 Å². The highest BCUT2D eigenvalue weighted by atomic mass is 19.1. The van der Waals surface area contributed by atoms with E-state index in [1.807, 2.05) is 51.0 Å². The van der Waals surface area contributed by atoms with Gasteiger partial charge in [-0.05, 0) is 23.8 Å². The summed E-state index contributed by atoms with van der Waals surface area (Å²) >= 11 is 0. The number of amides is 1. The van der Waals surface area contributed by atoms with Crippen LogP contribution in [0, 0.1) is 5.82 Å². The molecular weight excluding hydrogens is 375 g/mol. The van der Waals surface area contributed by atoms with E-state index < -0.39 is 23.1 Å². The molecule has 1 aliphatic rings. The quantitative estimate of drug-likeness (QED) is 0.777. The van der Waals surface area contributed by atoms with E-state index in [1.54, 1.807) is 6.07 Å². The van der Waals surface area contributed by atoms with Crippen LogP contribution in [0.1, 0.15) is 37.4 Å². The Bertz CT molecular complexity index is 914. The Labute approximate surface area is 170 Å². The summed E-state index contributed by atoms with van der Waals surface area (Å²) in [5, 5.41) is 19.7. The van der Waals surface area contributed by atoms with Crippen LogP contribution in [0.4, 0.5) is 14.9 Å². The first-order chi connectivity index (χ1) is 13.6. The van der Waals surface area contributed by atoms with Gasteiger partial charge in [-0.25, -0.2) is 9.18 Å². The van der Waals surface area contributed by atoms with Gasteiger partial charge in [0.25, 0.3) is 0 Å². The zero-order chi connectivity index (χ0) is 21.3. The lowest BCUT2D eigenvalue weighted by Gasteiger charge is -2.39. The Morgan fingerprint density at radius 3 is 2.59 bits per heavy atom. The third kappa shape index (κ3) is 4.23. The van der Waals surface area contributed by atoms with E-state index in [0.717, 1.165) is 11.3 Å². The number of fused-ring (bicyclic) bond motifs is 1. The fourth-order valence-electron chi connectivity index (χ4n) is 3.72. The van der Waals surface area contributed by atoms with Crippen LogP contribution in [0.15, 0.2) is 36.4 Å². The predicted octanol–water partition coefficient (Wildman–Crippen LogP) is 4.38. The lowest BCUT2D eigenvalue weighted by molar-refractivity contribution is 0.0941. The number of aromatic hydroxyl groups is 1. The van der Waals surface area contributed by atoms with E-state index in [4.69, 9.17) is 4.74 Å². The minimum absolute atomic E-state index is 0.187. The number of anilines is 1. The van der Waals surface area contributed by atoms with Crippen molar-refractivity contribution >= 4 is 11.8 Å². The summed E-state index contributed by atoms with van der Waals surface area (Å²) < 4.78 is 19.2. The molecule has 29 heavy (non-hydrogen) atoms. The van der Waals surface area contributed by atoms with Gasteiger partial charge in [0.1, 0.15) is 5.75 Å². The van der Waals surface area contributed by atoms with Gasteiger partial charge in [-0.15, -0.1) is 0 Å². The molecule has 0 spiro atoms. The fourth-order valence-corrected chi connectivity index (χ4v) is 3.72. The van der Waals surface area contributed by atoms with Crippen LogP contribution in [0.25, 0.3) is 0 Å². The number of nitrogens with zero attached hydrogens (tertiary/aromatic N) is 2. The monoisotopic (exact) mass is 402 g/mol. The summed E-state index contributed by atoms with van der Waals surface area (Å²) in [6.45, 7) is 4.37. The van der Waals surface area contributed by atoms with Gasteiger partial charge in [-0.1, -0.05) is 26.0 Å². The molecule has 0 aromatic heterocycles. The summed E-state index contributed by atoms with van der Waals surface area (Å²) in [4.78, 5) is 15.6. The molecule has 2 N–H and O–H groups in total. The minimum Gasteiger partial charge on any atom is -0.505 e. The summed E-state index contributed by atoms with van der Waals surface area (Å²) in [5.74, 6) is -0.448. The molecule has 1 heterocycles. The van der Waals surface area contributed by atoms with Crippen LogP contribution in [0.2, 0.25) is 0 Å². The van der Waals surface area contributed by atoms with Crippen LogP contribution in [-0.2, 0) is 5.41 Å². The number of hydrogen-bond acceptors (Lipinski definition) is 4. The molecule has 1 atom stereocenters. The zero-order valence-corrected chi connectivity index (χ0v) is 17.1. The molecule has 1 aliphatic heterocycles. The van der Waals surface area contributed by atoms with Crippen molar-refractivity contribution in [3.8, 4) is 11.5 Å². The molecule has 2 aromatic rings. The smallest absolute Gasteiger partial charge is 0.407 e. The molecule has 0 bridgehead atoms. The molecule has 3 rings (SSSR count). The number of ether oxygens (including phenoxy) is 1. The average Bonchev–Trinajstić information content (AvgIpc) is 2.67. The van der Waals surface area contributed by atoms with Gasteiger partial charge >= 0.3 is 6.09 Å². The van der Waals surface area contributed by atoms with Crippen molar-refractivity contribution in [2.75, 3.05) is 32.1 Å². The maximum atomic E-state index is 13.5. The largest absolute Gasteiger partial charge is 0.505 e. The Morgan fingerprint density at radius 1 is 1.24 bits per heavy atom. The van der Waals surface area contributed by atoms with Gasteiger partial charge in [0.15, 0.2) is 11.6 Å². The maximum absolute atomic E-state index is 13.5. The summed E-state index contributed by atoms with van der Waals surface area (Å²) in [7, 11) is 3.87. The highest BCUT2D eigenvalue weighted by molar-refractivity contribution is 5.67. The number of hydrogen-bond donors (Lipinski definition) is 2. The summed E-state index contributed by atoms with van der Waals surface area (Å²) in [5.41, 5.74) is 1.85. The Morgan fingerprint density at radius 2 is 1.97 bits per heavy atom. The second kappa shape index (κ2) is 7.81. The zero-order valence-electron chi connectivity index (χ0n) is 17.1. The highest BCUT2D eigenvalue weighted by Crippen LogP contribution is 2.40. The molecule has 1 amide bonds. The first kappa shape index (κ1) is 20.8. The van der Waals surface area contributed by atoms with Gasteiger partial charge in [-0.2, -0.15) is 0 Å². The third-order valence-electron chi connectivity index (χ3n) is 5.44. The molecule has 7 heteroatoms. The first-order valence-corrected chi connectivity index (χ1v) is 9.53. The van der Waals surface area contributed by atoms with Crippen molar-refractivity contribution < 1.29 is 24.1 Å². The van der Waals surface area contributed by atoms with Crippen molar-refractivity contribution in [3.05, 3.63) is 53.3 Å². The van der Waals surface area contributed by atoms with Crippen LogP contribution in [-0.4, -0.2) is 48.5 Å². The lowest BCUT2D eigenvalue weighted by atomic mass is 9.83. The number of phenolic OH excluding ortho intramolecular Hbond substituents is 1. The molecule has 0 radical (unpaired) electrons. The van der Waals surface area contributed by atoms with Gasteiger partial charge in [-0.3, -0.25) is 0 Å². The van der Waals surface area contributed by atoms with Gasteiger partial charge in [0.2, 0.25) is 0 Å². The number of carboxylic acid groups (broad SMARTS) is 1. The third-order valence-corrected chi connectivity index (χ3v) is 5.44. The Hall–Kier alpha value is -2.96.